The number of aryl methyl sites for hydroxylation is 1. The largest absolute Gasteiger partial charge is 0.392 e. The fourth-order valence-corrected chi connectivity index (χ4v) is 7.63. The lowest BCUT2D eigenvalue weighted by molar-refractivity contribution is -0.111. The van der Waals surface area contributed by atoms with Gasteiger partial charge in [0.2, 0.25) is 0 Å². The highest BCUT2D eigenvalue weighted by atomic mass is 16.3. The predicted octanol–water partition coefficient (Wildman–Crippen LogP) is 3.98. The standard InChI is InChI=1S/C39H44N8O4/c1-6-8-35(49)41-29-20-26(11-12-32(29)45-15-13-43(4)14-16-45)40-36-38(51)44(5)23-30(42-36)27-9-7-10-31(28(27)24-48)47-18-17-46-33(37(47)50)19-25-21-39(2,3)22-34(25)46/h7,9-12,19-20,23,48H,13-18,21-22,24H2,1-5H3,(H,40,42)(H,41,49). The highest BCUT2D eigenvalue weighted by Crippen LogP contribution is 2.40. The zero-order chi connectivity index (χ0) is 36.0. The van der Waals surface area contributed by atoms with Crippen LogP contribution in [-0.4, -0.2) is 75.7 Å². The molecule has 1 fully saturated rings. The fraction of sp³-hybridized carbons (Fsp3) is 0.385. The summed E-state index contributed by atoms with van der Waals surface area (Å²) in [7, 11) is 3.73. The molecule has 0 bridgehead atoms. The average molecular weight is 689 g/mol. The van der Waals surface area contributed by atoms with E-state index in [0.29, 0.717) is 52.7 Å². The van der Waals surface area contributed by atoms with Gasteiger partial charge in [-0.1, -0.05) is 31.9 Å². The number of carbonyl (C=O) groups is 2. The number of nitrogens with one attached hydrogen (secondary N) is 2. The van der Waals surface area contributed by atoms with E-state index < -0.39 is 5.91 Å². The van der Waals surface area contributed by atoms with Crippen LogP contribution >= 0.6 is 0 Å². The molecule has 12 nitrogen and oxygen atoms in total. The van der Waals surface area contributed by atoms with Crippen molar-refractivity contribution in [3.8, 4) is 23.1 Å². The van der Waals surface area contributed by atoms with Gasteiger partial charge in [-0.05, 0) is 74.0 Å². The highest BCUT2D eigenvalue weighted by molar-refractivity contribution is 6.07. The SMILES string of the molecule is CC#CC(=O)Nc1cc(Nc2nc(-c3cccc(N4CCn5c(cc6c5CC(C)(C)C6)C4=O)c3CO)cn(C)c2=O)ccc1N1CCN(C)CC1. The van der Waals surface area contributed by atoms with Gasteiger partial charge < -0.3 is 39.6 Å². The summed E-state index contributed by atoms with van der Waals surface area (Å²) in [5, 5.41) is 16.8. The van der Waals surface area contributed by atoms with Crippen molar-refractivity contribution in [1.29, 1.82) is 0 Å². The second-order valence-electron chi connectivity index (χ2n) is 14.5. The second-order valence-corrected chi connectivity index (χ2v) is 14.5. The number of aliphatic hydroxyl groups excluding tert-OH is 1. The number of aromatic nitrogens is 3. The van der Waals surface area contributed by atoms with Crippen LogP contribution in [0.5, 0.6) is 0 Å². The Morgan fingerprint density at radius 3 is 2.51 bits per heavy atom. The molecule has 2 aromatic heterocycles. The highest BCUT2D eigenvalue weighted by Gasteiger charge is 2.37. The Kier molecular flexibility index (Phi) is 8.95. The molecule has 1 saturated heterocycles. The van der Waals surface area contributed by atoms with Gasteiger partial charge in [0.15, 0.2) is 5.82 Å². The number of benzene rings is 2. The first kappa shape index (κ1) is 34.1. The van der Waals surface area contributed by atoms with E-state index in [1.165, 1.54) is 15.8 Å². The Morgan fingerprint density at radius 1 is 0.980 bits per heavy atom. The molecule has 2 amide bonds. The molecule has 0 spiro atoms. The lowest BCUT2D eigenvalue weighted by Crippen LogP contribution is -2.44. The maximum absolute atomic E-state index is 13.9. The van der Waals surface area contributed by atoms with Crippen LogP contribution in [0.15, 0.2) is 53.5 Å². The van der Waals surface area contributed by atoms with E-state index in [2.05, 4.69) is 57.7 Å². The maximum atomic E-state index is 13.9. The van der Waals surface area contributed by atoms with Crippen molar-refractivity contribution < 1.29 is 14.7 Å². The van der Waals surface area contributed by atoms with Gasteiger partial charge in [-0.25, -0.2) is 4.98 Å². The molecule has 2 aliphatic heterocycles. The van der Waals surface area contributed by atoms with E-state index in [-0.39, 0.29) is 29.3 Å². The number of hydrogen-bond donors (Lipinski definition) is 3. The first-order chi connectivity index (χ1) is 24.5. The number of nitrogens with zero attached hydrogens (tertiary/aromatic N) is 6. The van der Waals surface area contributed by atoms with Gasteiger partial charge in [0.25, 0.3) is 17.4 Å². The molecule has 0 saturated carbocycles. The topological polar surface area (TPSA) is 128 Å². The molecular weight excluding hydrogens is 644 g/mol. The van der Waals surface area contributed by atoms with Crippen molar-refractivity contribution in [2.75, 3.05) is 60.2 Å². The van der Waals surface area contributed by atoms with E-state index in [0.717, 1.165) is 44.7 Å². The zero-order valence-electron chi connectivity index (χ0n) is 29.8. The molecule has 4 aromatic rings. The summed E-state index contributed by atoms with van der Waals surface area (Å²) >= 11 is 0. The number of likely N-dealkylation sites (N-methyl/N-ethyl adjacent to an activating group) is 1. The lowest BCUT2D eigenvalue weighted by atomic mass is 9.90. The van der Waals surface area contributed by atoms with Gasteiger partial charge >= 0.3 is 0 Å². The molecular formula is C39H44N8O4. The Hall–Kier alpha value is -5.38. The minimum Gasteiger partial charge on any atom is -0.392 e. The predicted molar refractivity (Wildman–Crippen MR) is 200 cm³/mol. The Labute approximate surface area is 297 Å². The third kappa shape index (κ3) is 6.51. The first-order valence-electron chi connectivity index (χ1n) is 17.4. The van der Waals surface area contributed by atoms with Gasteiger partial charge in [-0.3, -0.25) is 14.4 Å². The van der Waals surface area contributed by atoms with E-state index >= 15 is 0 Å². The van der Waals surface area contributed by atoms with Crippen molar-refractivity contribution in [2.24, 2.45) is 12.5 Å². The quantitative estimate of drug-likeness (QED) is 0.249. The number of hydrogen-bond acceptors (Lipinski definition) is 8. The second kappa shape index (κ2) is 13.4. The summed E-state index contributed by atoms with van der Waals surface area (Å²) in [5.41, 5.74) is 7.26. The van der Waals surface area contributed by atoms with Gasteiger partial charge in [0, 0.05) is 75.0 Å². The van der Waals surface area contributed by atoms with Gasteiger partial charge in [-0.2, -0.15) is 0 Å². The summed E-state index contributed by atoms with van der Waals surface area (Å²) in [6.07, 6.45) is 3.53. The Bertz CT molecular complexity index is 2160. The molecule has 7 rings (SSSR count). The molecule has 0 radical (unpaired) electrons. The van der Waals surface area contributed by atoms with Gasteiger partial charge in [0.1, 0.15) is 5.69 Å². The molecule has 0 unspecified atom stereocenters. The molecule has 12 heteroatoms. The summed E-state index contributed by atoms with van der Waals surface area (Å²) in [6, 6.07) is 13.1. The summed E-state index contributed by atoms with van der Waals surface area (Å²) in [6.45, 7) is 10.4. The van der Waals surface area contributed by atoms with E-state index in [9.17, 15) is 19.5 Å². The number of rotatable bonds is 7. The number of carbonyl (C=O) groups excluding carboxylic acids is 2. The molecule has 2 aromatic carbocycles. The van der Waals surface area contributed by atoms with Crippen LogP contribution in [0.4, 0.5) is 28.6 Å². The van der Waals surface area contributed by atoms with Crippen LogP contribution in [0.2, 0.25) is 0 Å². The minimum atomic E-state index is -0.425. The Morgan fingerprint density at radius 2 is 1.76 bits per heavy atom. The molecule has 1 aliphatic carbocycles. The molecule has 51 heavy (non-hydrogen) atoms. The summed E-state index contributed by atoms with van der Waals surface area (Å²) in [4.78, 5) is 50.9. The average Bonchev–Trinajstić information content (AvgIpc) is 3.59. The maximum Gasteiger partial charge on any atom is 0.300 e. The summed E-state index contributed by atoms with van der Waals surface area (Å²) < 4.78 is 3.61. The van der Waals surface area contributed by atoms with Crippen LogP contribution in [0, 0.1) is 17.3 Å². The number of anilines is 5. The van der Waals surface area contributed by atoms with Gasteiger partial charge in [0.05, 0.1) is 29.4 Å². The molecule has 3 N–H and O–H groups in total. The minimum absolute atomic E-state index is 0.0755. The van der Waals surface area contributed by atoms with Crippen LogP contribution < -0.4 is 26.0 Å². The molecule has 4 heterocycles. The van der Waals surface area contributed by atoms with Crippen LogP contribution in [0.3, 0.4) is 0 Å². The van der Waals surface area contributed by atoms with Crippen LogP contribution in [-0.2, 0) is 37.8 Å². The summed E-state index contributed by atoms with van der Waals surface area (Å²) in [5.74, 6) is 4.74. The molecule has 0 atom stereocenters. The van der Waals surface area contributed by atoms with Crippen molar-refractivity contribution in [3.05, 3.63) is 81.5 Å². The van der Waals surface area contributed by atoms with Crippen LogP contribution in [0.1, 0.15) is 48.1 Å². The number of fused-ring (bicyclic) bond motifs is 3. The molecule has 3 aliphatic rings. The third-order valence-electron chi connectivity index (χ3n) is 10.2. The van der Waals surface area contributed by atoms with Crippen LogP contribution in [0.25, 0.3) is 11.3 Å². The van der Waals surface area contributed by atoms with E-state index in [1.54, 1.807) is 31.1 Å². The Balaban J connectivity index is 1.20. The van der Waals surface area contributed by atoms with Crippen molar-refractivity contribution in [1.82, 2.24) is 19.0 Å². The van der Waals surface area contributed by atoms with E-state index in [1.807, 2.05) is 36.4 Å². The van der Waals surface area contributed by atoms with E-state index in [4.69, 9.17) is 4.98 Å². The lowest BCUT2D eigenvalue weighted by Gasteiger charge is -2.35. The monoisotopic (exact) mass is 688 g/mol. The number of piperazine rings is 1. The van der Waals surface area contributed by atoms with Gasteiger partial charge in [-0.15, -0.1) is 0 Å². The number of aliphatic hydroxyl groups is 1. The smallest absolute Gasteiger partial charge is 0.300 e. The first-order valence-corrected chi connectivity index (χ1v) is 17.4. The molecule has 264 valence electrons. The van der Waals surface area contributed by atoms with Crippen molar-refractivity contribution >= 4 is 40.4 Å². The zero-order valence-corrected chi connectivity index (χ0v) is 29.8. The van der Waals surface area contributed by atoms with Crippen molar-refractivity contribution in [3.63, 3.8) is 0 Å². The van der Waals surface area contributed by atoms with Crippen molar-refractivity contribution in [2.45, 2.75) is 46.8 Å². The normalized spacial score (nSPS) is 16.7. The third-order valence-corrected chi connectivity index (χ3v) is 10.2. The fourth-order valence-electron chi connectivity index (χ4n) is 7.63. The number of amides is 2.